The number of unbranched alkanes of at least 4 members (excludes halogenated alkanes) is 1. The molecule has 39 heavy (non-hydrogen) atoms. The van der Waals surface area contributed by atoms with E-state index in [1.54, 1.807) is 13.8 Å². The Morgan fingerprint density at radius 2 is 1.46 bits per heavy atom. The van der Waals surface area contributed by atoms with Gasteiger partial charge in [0.2, 0.25) is 11.8 Å². The number of hydrogen-bond donors (Lipinski definition) is 5. The summed E-state index contributed by atoms with van der Waals surface area (Å²) in [5.74, 6) is -2.78. The summed E-state index contributed by atoms with van der Waals surface area (Å²) in [6.07, 6.45) is 0.683. The van der Waals surface area contributed by atoms with Crippen molar-refractivity contribution in [3.8, 4) is 11.1 Å². The van der Waals surface area contributed by atoms with Gasteiger partial charge in [-0.1, -0.05) is 62.4 Å². The van der Waals surface area contributed by atoms with Crippen LogP contribution in [-0.4, -0.2) is 60.3 Å². The first-order valence-electron chi connectivity index (χ1n) is 13.3. The van der Waals surface area contributed by atoms with Crippen LogP contribution in [0.4, 0.5) is 4.79 Å². The highest BCUT2D eigenvalue weighted by atomic mass is 16.5. The van der Waals surface area contributed by atoms with Crippen molar-refractivity contribution in [2.75, 3.05) is 13.2 Å². The van der Waals surface area contributed by atoms with Crippen molar-refractivity contribution >= 4 is 23.9 Å². The van der Waals surface area contributed by atoms with E-state index < -0.39 is 42.0 Å². The maximum absolute atomic E-state index is 13.0. The van der Waals surface area contributed by atoms with Gasteiger partial charge < -0.3 is 31.5 Å². The Balaban J connectivity index is 1.57. The van der Waals surface area contributed by atoms with Gasteiger partial charge in [0, 0.05) is 5.92 Å². The molecule has 2 aromatic rings. The molecule has 0 radical (unpaired) electrons. The lowest BCUT2D eigenvalue weighted by atomic mass is 9.98. The number of rotatable bonds is 13. The zero-order valence-electron chi connectivity index (χ0n) is 22.6. The SMILES string of the molecule is CC(C)[C@H](NC(=O)OCC1c2ccccc2-c2ccccc21)C(=O)N[C@@H](C)C(=O)N[C@@H](CCCCN)C(=O)O. The van der Waals surface area contributed by atoms with Gasteiger partial charge in [-0.05, 0) is 60.9 Å². The highest BCUT2D eigenvalue weighted by Gasteiger charge is 2.31. The lowest BCUT2D eigenvalue weighted by Gasteiger charge is -2.24. The first-order valence-corrected chi connectivity index (χ1v) is 13.3. The Morgan fingerprint density at radius 3 is 2.00 bits per heavy atom. The molecule has 0 fully saturated rings. The topological polar surface area (TPSA) is 160 Å². The molecule has 0 saturated carbocycles. The van der Waals surface area contributed by atoms with Gasteiger partial charge in [-0.15, -0.1) is 0 Å². The van der Waals surface area contributed by atoms with Crippen LogP contribution in [0, 0.1) is 5.92 Å². The number of ether oxygens (including phenoxy) is 1. The van der Waals surface area contributed by atoms with Gasteiger partial charge in [-0.2, -0.15) is 0 Å². The Bertz CT molecular complexity index is 1140. The van der Waals surface area contributed by atoms with E-state index in [0.29, 0.717) is 19.4 Å². The second kappa shape index (κ2) is 13.7. The molecule has 0 aliphatic heterocycles. The zero-order valence-corrected chi connectivity index (χ0v) is 22.6. The van der Waals surface area contributed by atoms with Crippen molar-refractivity contribution < 1.29 is 29.0 Å². The molecule has 0 unspecified atom stereocenters. The van der Waals surface area contributed by atoms with Gasteiger partial charge in [0.05, 0.1) is 0 Å². The van der Waals surface area contributed by atoms with E-state index in [-0.39, 0.29) is 24.9 Å². The predicted molar refractivity (Wildman–Crippen MR) is 147 cm³/mol. The number of aliphatic carboxylic acids is 1. The van der Waals surface area contributed by atoms with E-state index in [9.17, 15) is 24.3 Å². The molecule has 3 amide bonds. The van der Waals surface area contributed by atoms with Gasteiger partial charge in [0.1, 0.15) is 24.7 Å². The molecule has 0 saturated heterocycles. The lowest BCUT2D eigenvalue weighted by Crippen LogP contribution is -2.56. The third kappa shape index (κ3) is 7.57. The number of fused-ring (bicyclic) bond motifs is 3. The van der Waals surface area contributed by atoms with E-state index in [2.05, 4.69) is 16.0 Å². The third-order valence-electron chi connectivity index (χ3n) is 6.88. The summed E-state index contributed by atoms with van der Waals surface area (Å²) in [4.78, 5) is 49.8. The number of amides is 3. The van der Waals surface area contributed by atoms with Gasteiger partial charge in [-0.3, -0.25) is 9.59 Å². The molecular formula is C29H38N4O6. The summed E-state index contributed by atoms with van der Waals surface area (Å²) >= 11 is 0. The third-order valence-corrected chi connectivity index (χ3v) is 6.88. The minimum atomic E-state index is -1.16. The highest BCUT2D eigenvalue weighted by molar-refractivity contribution is 5.92. The molecule has 10 heteroatoms. The summed E-state index contributed by atoms with van der Waals surface area (Å²) in [7, 11) is 0. The van der Waals surface area contributed by atoms with E-state index in [4.69, 9.17) is 10.5 Å². The van der Waals surface area contributed by atoms with Crippen molar-refractivity contribution in [3.63, 3.8) is 0 Å². The Morgan fingerprint density at radius 1 is 0.872 bits per heavy atom. The van der Waals surface area contributed by atoms with Crippen LogP contribution in [0.5, 0.6) is 0 Å². The van der Waals surface area contributed by atoms with Crippen LogP contribution >= 0.6 is 0 Å². The molecule has 6 N–H and O–H groups in total. The van der Waals surface area contributed by atoms with E-state index in [1.807, 2.05) is 48.5 Å². The fourth-order valence-corrected chi connectivity index (χ4v) is 4.72. The average molecular weight is 539 g/mol. The van der Waals surface area contributed by atoms with Crippen molar-refractivity contribution in [1.82, 2.24) is 16.0 Å². The van der Waals surface area contributed by atoms with Gasteiger partial charge >= 0.3 is 12.1 Å². The van der Waals surface area contributed by atoms with E-state index in [0.717, 1.165) is 22.3 Å². The molecular weight excluding hydrogens is 500 g/mol. The standard InChI is InChI=1S/C29H38N4O6/c1-17(2)25(27(35)31-18(3)26(34)32-24(28(36)37)14-8-9-15-30)33-29(38)39-16-23-21-12-6-4-10-19(21)20-11-5-7-13-22(20)23/h4-7,10-13,17-18,23-25H,8-9,14-16,30H2,1-3H3,(H,31,35)(H,32,34)(H,33,38)(H,36,37)/t18-,24-,25-/m0/s1. The predicted octanol–water partition coefficient (Wildman–Crippen LogP) is 2.75. The first kappa shape index (κ1) is 29.6. The summed E-state index contributed by atoms with van der Waals surface area (Å²) < 4.78 is 5.57. The first-order chi connectivity index (χ1) is 18.6. The molecule has 1 aliphatic rings. The highest BCUT2D eigenvalue weighted by Crippen LogP contribution is 2.44. The van der Waals surface area contributed by atoms with Gasteiger partial charge in [-0.25, -0.2) is 9.59 Å². The van der Waals surface area contributed by atoms with Crippen LogP contribution in [0.1, 0.15) is 57.1 Å². The summed E-state index contributed by atoms with van der Waals surface area (Å²) in [5, 5.41) is 17.0. The number of carbonyl (C=O) groups is 4. The number of nitrogens with two attached hydrogens (primary N) is 1. The molecule has 0 bridgehead atoms. The van der Waals surface area contributed by atoms with Crippen LogP contribution in [0.2, 0.25) is 0 Å². The molecule has 210 valence electrons. The van der Waals surface area contributed by atoms with Crippen LogP contribution in [0.3, 0.4) is 0 Å². The number of hydrogen-bond acceptors (Lipinski definition) is 6. The maximum Gasteiger partial charge on any atom is 0.407 e. The minimum Gasteiger partial charge on any atom is -0.480 e. The van der Waals surface area contributed by atoms with Crippen LogP contribution in [0.25, 0.3) is 11.1 Å². The molecule has 3 atom stereocenters. The number of nitrogens with one attached hydrogen (secondary N) is 3. The molecule has 1 aliphatic carbocycles. The number of carbonyl (C=O) groups excluding carboxylic acids is 3. The number of carboxylic acid groups (broad SMARTS) is 1. The second-order valence-corrected chi connectivity index (χ2v) is 10.1. The van der Waals surface area contributed by atoms with Crippen molar-refractivity contribution in [3.05, 3.63) is 59.7 Å². The Labute approximate surface area is 228 Å². The summed E-state index contributed by atoms with van der Waals surface area (Å²) in [5.41, 5.74) is 9.82. The normalized spacial score (nSPS) is 14.5. The quantitative estimate of drug-likeness (QED) is 0.245. The van der Waals surface area contributed by atoms with Crippen molar-refractivity contribution in [1.29, 1.82) is 0 Å². The molecule has 3 rings (SSSR count). The summed E-state index contributed by atoms with van der Waals surface area (Å²) in [6, 6.07) is 12.9. The Kier molecular flexibility index (Phi) is 10.4. The fourth-order valence-electron chi connectivity index (χ4n) is 4.72. The van der Waals surface area contributed by atoms with Gasteiger partial charge in [0.15, 0.2) is 0 Å². The van der Waals surface area contributed by atoms with Crippen LogP contribution in [-0.2, 0) is 19.1 Å². The number of alkyl carbamates (subject to hydrolysis) is 1. The zero-order chi connectivity index (χ0) is 28.5. The molecule has 0 spiro atoms. The molecule has 0 aromatic heterocycles. The Hall–Kier alpha value is -3.92. The van der Waals surface area contributed by atoms with Crippen molar-refractivity contribution in [2.24, 2.45) is 11.7 Å². The number of carboxylic acids is 1. The smallest absolute Gasteiger partial charge is 0.407 e. The van der Waals surface area contributed by atoms with E-state index >= 15 is 0 Å². The maximum atomic E-state index is 13.0. The molecule has 10 nitrogen and oxygen atoms in total. The van der Waals surface area contributed by atoms with Gasteiger partial charge in [0.25, 0.3) is 0 Å². The molecule has 2 aromatic carbocycles. The number of benzene rings is 2. The second-order valence-electron chi connectivity index (χ2n) is 10.1. The average Bonchev–Trinajstić information content (AvgIpc) is 3.23. The van der Waals surface area contributed by atoms with Crippen LogP contribution < -0.4 is 21.7 Å². The van der Waals surface area contributed by atoms with Crippen molar-refractivity contribution in [2.45, 2.75) is 64.1 Å². The molecule has 0 heterocycles. The summed E-state index contributed by atoms with van der Waals surface area (Å²) in [6.45, 7) is 5.51. The van der Waals surface area contributed by atoms with Crippen LogP contribution in [0.15, 0.2) is 48.5 Å². The minimum absolute atomic E-state index is 0.103. The lowest BCUT2D eigenvalue weighted by molar-refractivity contribution is -0.142. The largest absolute Gasteiger partial charge is 0.480 e. The van der Waals surface area contributed by atoms with E-state index in [1.165, 1.54) is 6.92 Å². The monoisotopic (exact) mass is 538 g/mol. The fraction of sp³-hybridized carbons (Fsp3) is 0.448.